The molecule has 1 saturated heterocycles. The molecular weight excluding hydrogens is 411 g/mol. The zero-order valence-corrected chi connectivity index (χ0v) is 17.7. The van der Waals surface area contributed by atoms with Crippen LogP contribution in [-0.2, 0) is 0 Å². The van der Waals surface area contributed by atoms with Crippen LogP contribution < -0.4 is 15.4 Å². The lowest BCUT2D eigenvalue weighted by atomic mass is 9.97. The second-order valence-electron chi connectivity index (χ2n) is 9.29. The van der Waals surface area contributed by atoms with Crippen molar-refractivity contribution in [3.63, 3.8) is 0 Å². The van der Waals surface area contributed by atoms with E-state index >= 15 is 0 Å². The first-order valence-electron chi connectivity index (χ1n) is 10.3. The Labute approximate surface area is 178 Å². The van der Waals surface area contributed by atoms with Gasteiger partial charge in [0.1, 0.15) is 23.4 Å². The average Bonchev–Trinajstić information content (AvgIpc) is 3.24. The van der Waals surface area contributed by atoms with Gasteiger partial charge >= 0.3 is 6.18 Å². The fourth-order valence-electron chi connectivity index (χ4n) is 4.42. The Balaban J connectivity index is 1.63. The lowest BCUT2D eigenvalue weighted by molar-refractivity contribution is -0.194. The third-order valence-electron chi connectivity index (χ3n) is 6.25. The van der Waals surface area contributed by atoms with E-state index in [-0.39, 0.29) is 29.8 Å². The molecule has 1 amide bonds. The van der Waals surface area contributed by atoms with Gasteiger partial charge in [0.05, 0.1) is 5.69 Å². The number of primary amides is 1. The van der Waals surface area contributed by atoms with Crippen molar-refractivity contribution in [1.82, 2.24) is 14.8 Å². The molecule has 1 saturated carbocycles. The van der Waals surface area contributed by atoms with Crippen LogP contribution in [0.2, 0.25) is 0 Å². The molecule has 0 radical (unpaired) electrons. The maximum atomic E-state index is 13.1. The molecule has 0 spiro atoms. The molecular formula is C21H26F3N5O2. The largest absolute Gasteiger partial charge is 0.476 e. The molecule has 2 fully saturated rings. The third kappa shape index (κ3) is 3.83. The Morgan fingerprint density at radius 2 is 2.03 bits per heavy atom. The molecule has 1 atom stereocenters. The number of halogens is 3. The molecule has 4 rings (SSSR count). The van der Waals surface area contributed by atoms with Crippen LogP contribution in [0.4, 0.5) is 19.0 Å². The van der Waals surface area contributed by atoms with Gasteiger partial charge in [-0.2, -0.15) is 13.2 Å². The number of pyridine rings is 1. The molecule has 0 bridgehead atoms. The van der Waals surface area contributed by atoms with Gasteiger partial charge < -0.3 is 15.4 Å². The van der Waals surface area contributed by atoms with Gasteiger partial charge in [-0.15, -0.1) is 5.10 Å². The summed E-state index contributed by atoms with van der Waals surface area (Å²) in [5.41, 5.74) is 4.35. The Morgan fingerprint density at radius 1 is 1.32 bits per heavy atom. The number of nitrogens with two attached hydrogens (primary N) is 1. The van der Waals surface area contributed by atoms with E-state index in [0.717, 1.165) is 13.0 Å². The van der Waals surface area contributed by atoms with E-state index in [1.807, 2.05) is 0 Å². The highest BCUT2D eigenvalue weighted by atomic mass is 19.4. The topological polar surface area (TPSA) is 86.3 Å². The van der Waals surface area contributed by atoms with Gasteiger partial charge in [-0.25, -0.2) is 9.67 Å². The number of carbonyl (C=O) groups excluding carboxylic acids is 1. The molecule has 1 aliphatic heterocycles. The van der Waals surface area contributed by atoms with E-state index in [9.17, 15) is 18.0 Å². The first kappa shape index (κ1) is 21.5. The molecule has 10 heteroatoms. The Bertz CT molecular complexity index is 997. The number of anilines is 1. The minimum Gasteiger partial charge on any atom is -0.476 e. The van der Waals surface area contributed by atoms with Gasteiger partial charge in [0.25, 0.3) is 5.91 Å². The normalized spacial score (nSPS) is 21.9. The maximum Gasteiger partial charge on any atom is 0.397 e. The summed E-state index contributed by atoms with van der Waals surface area (Å²) in [6.45, 7) is 6.57. The molecule has 0 unspecified atom stereocenters. The van der Waals surface area contributed by atoms with Crippen LogP contribution in [0.25, 0.3) is 5.69 Å². The van der Waals surface area contributed by atoms with Crippen LogP contribution in [-0.4, -0.2) is 45.5 Å². The summed E-state index contributed by atoms with van der Waals surface area (Å²) in [7, 11) is 0. The second-order valence-corrected chi connectivity index (χ2v) is 9.29. The fourth-order valence-corrected chi connectivity index (χ4v) is 4.42. The summed E-state index contributed by atoms with van der Waals surface area (Å²) in [6.07, 6.45) is -0.138. The number of nitrogens with zero attached hydrogens (tertiary/aromatic N) is 4. The van der Waals surface area contributed by atoms with Gasteiger partial charge in [-0.1, -0.05) is 6.92 Å². The molecule has 2 aromatic heterocycles. The SMILES string of the molecule is C[C@@H]1CN(c2nccc(-n3ccc(OCC4(C(F)(F)F)CC4)n3)c2C(N)=O)C(C)(C)C1. The Morgan fingerprint density at radius 3 is 2.58 bits per heavy atom. The molecule has 1 aliphatic carbocycles. The highest BCUT2D eigenvalue weighted by Gasteiger charge is 2.64. The molecule has 2 aromatic rings. The zero-order chi connectivity index (χ0) is 22.6. The summed E-state index contributed by atoms with van der Waals surface area (Å²) in [5.74, 6) is 0.306. The lowest BCUT2D eigenvalue weighted by Crippen LogP contribution is -2.40. The van der Waals surface area contributed by atoms with Gasteiger partial charge in [0, 0.05) is 30.5 Å². The predicted molar refractivity (Wildman–Crippen MR) is 108 cm³/mol. The molecule has 168 valence electrons. The molecule has 0 aromatic carbocycles. The molecule has 7 nitrogen and oxygen atoms in total. The quantitative estimate of drug-likeness (QED) is 0.745. The fraction of sp³-hybridized carbons (Fsp3) is 0.571. The van der Waals surface area contributed by atoms with E-state index in [1.165, 1.54) is 16.9 Å². The van der Waals surface area contributed by atoms with E-state index in [4.69, 9.17) is 10.5 Å². The summed E-state index contributed by atoms with van der Waals surface area (Å²) >= 11 is 0. The second kappa shape index (κ2) is 7.13. The van der Waals surface area contributed by atoms with E-state index < -0.39 is 24.1 Å². The number of alkyl halides is 3. The van der Waals surface area contributed by atoms with Crippen molar-refractivity contribution in [2.75, 3.05) is 18.1 Å². The molecule has 31 heavy (non-hydrogen) atoms. The number of ether oxygens (including phenoxy) is 1. The first-order valence-corrected chi connectivity index (χ1v) is 10.3. The predicted octanol–water partition coefficient (Wildman–Crippen LogP) is 3.71. The van der Waals surface area contributed by atoms with Crippen molar-refractivity contribution >= 4 is 11.7 Å². The highest BCUT2D eigenvalue weighted by Crippen LogP contribution is 2.57. The van der Waals surface area contributed by atoms with Crippen LogP contribution in [0.15, 0.2) is 24.5 Å². The van der Waals surface area contributed by atoms with Gasteiger partial charge in [0.2, 0.25) is 5.88 Å². The highest BCUT2D eigenvalue weighted by molar-refractivity contribution is 6.01. The molecule has 3 heterocycles. The van der Waals surface area contributed by atoms with Crippen molar-refractivity contribution in [3.05, 3.63) is 30.1 Å². The van der Waals surface area contributed by atoms with Crippen molar-refractivity contribution in [3.8, 4) is 11.6 Å². The summed E-state index contributed by atoms with van der Waals surface area (Å²) in [5, 5.41) is 4.23. The Hall–Kier alpha value is -2.78. The summed E-state index contributed by atoms with van der Waals surface area (Å²) < 4.78 is 46.1. The minimum absolute atomic E-state index is 0.0550. The van der Waals surface area contributed by atoms with Gasteiger partial charge in [0.15, 0.2) is 0 Å². The molecule has 2 N–H and O–H groups in total. The third-order valence-corrected chi connectivity index (χ3v) is 6.25. The van der Waals surface area contributed by atoms with Crippen molar-refractivity contribution in [2.45, 2.75) is 51.7 Å². The monoisotopic (exact) mass is 437 g/mol. The van der Waals surface area contributed by atoms with Crippen LogP contribution in [0.5, 0.6) is 5.88 Å². The van der Waals surface area contributed by atoms with Crippen molar-refractivity contribution < 1.29 is 22.7 Å². The average molecular weight is 437 g/mol. The maximum absolute atomic E-state index is 13.1. The van der Waals surface area contributed by atoms with E-state index in [1.54, 1.807) is 12.3 Å². The lowest BCUT2D eigenvalue weighted by Gasteiger charge is -2.33. The number of hydrogen-bond donors (Lipinski definition) is 1. The van der Waals surface area contributed by atoms with Crippen molar-refractivity contribution in [1.29, 1.82) is 0 Å². The number of aromatic nitrogens is 3. The van der Waals surface area contributed by atoms with E-state index in [2.05, 4.69) is 35.8 Å². The van der Waals surface area contributed by atoms with Crippen LogP contribution in [0.1, 0.15) is 50.4 Å². The summed E-state index contributed by atoms with van der Waals surface area (Å²) in [4.78, 5) is 18.9. The first-order chi connectivity index (χ1) is 14.4. The standard InChI is InChI=1S/C21H26F3N5O2/c1-13-10-19(2,3)28(11-13)18-16(17(25)30)14(4-8-26-18)29-9-5-15(27-29)31-12-20(6-7-20)21(22,23)24/h4-5,8-9,13H,6-7,10-12H2,1-3H3,(H2,25,30)/t13-/m0/s1. The smallest absolute Gasteiger partial charge is 0.397 e. The Kier molecular flexibility index (Phi) is 4.94. The minimum atomic E-state index is -4.30. The summed E-state index contributed by atoms with van der Waals surface area (Å²) in [6, 6.07) is 3.07. The van der Waals surface area contributed by atoms with Crippen LogP contribution in [0.3, 0.4) is 0 Å². The van der Waals surface area contributed by atoms with Crippen LogP contribution >= 0.6 is 0 Å². The van der Waals surface area contributed by atoms with Crippen LogP contribution in [0, 0.1) is 11.3 Å². The number of rotatable bonds is 6. The zero-order valence-electron chi connectivity index (χ0n) is 17.7. The van der Waals surface area contributed by atoms with E-state index in [0.29, 0.717) is 17.4 Å². The molecule has 2 aliphatic rings. The number of carbonyl (C=O) groups is 1. The number of hydrogen-bond acceptors (Lipinski definition) is 5. The van der Waals surface area contributed by atoms with Crippen molar-refractivity contribution in [2.24, 2.45) is 17.1 Å². The van der Waals surface area contributed by atoms with Gasteiger partial charge in [-0.3, -0.25) is 4.79 Å². The number of amides is 1. The van der Waals surface area contributed by atoms with Gasteiger partial charge in [-0.05, 0) is 45.1 Å².